The van der Waals surface area contributed by atoms with Crippen LogP contribution in [-0.2, 0) is 4.74 Å². The second-order valence-electron chi connectivity index (χ2n) is 4.17. The van der Waals surface area contributed by atoms with Gasteiger partial charge in [0.1, 0.15) is 12.2 Å². The zero-order valence-electron chi connectivity index (χ0n) is 9.44. The number of carbonyl (C=O) groups excluding carboxylic acids is 1. The number of carbonyl (C=O) groups is 1. The number of ether oxygens (including phenoxy) is 3. The highest BCUT2D eigenvalue weighted by molar-refractivity contribution is 5.89. The average Bonchev–Trinajstić information content (AvgIpc) is 2.25. The standard InChI is InChI=1S/C11H13NO4/c1-11(2)6-15-9-8(16-11)4-7(5-12-9)10(13)14-3/h4-5H,6H2,1-3H3. The first-order valence-electron chi connectivity index (χ1n) is 4.92. The topological polar surface area (TPSA) is 57.7 Å². The summed E-state index contributed by atoms with van der Waals surface area (Å²) in [6.45, 7) is 4.24. The van der Waals surface area contributed by atoms with Crippen LogP contribution in [-0.4, -0.2) is 30.3 Å². The van der Waals surface area contributed by atoms with E-state index in [1.807, 2.05) is 13.8 Å². The first-order chi connectivity index (χ1) is 7.52. The molecule has 0 unspecified atom stereocenters. The van der Waals surface area contributed by atoms with Crippen molar-refractivity contribution in [3.05, 3.63) is 17.8 Å². The van der Waals surface area contributed by atoms with E-state index in [4.69, 9.17) is 9.47 Å². The summed E-state index contributed by atoms with van der Waals surface area (Å²) in [6, 6.07) is 1.58. The summed E-state index contributed by atoms with van der Waals surface area (Å²) in [5.41, 5.74) is -0.0637. The highest BCUT2D eigenvalue weighted by Crippen LogP contribution is 2.33. The number of hydrogen-bond acceptors (Lipinski definition) is 5. The van der Waals surface area contributed by atoms with Gasteiger partial charge in [-0.25, -0.2) is 9.78 Å². The van der Waals surface area contributed by atoms with Gasteiger partial charge in [-0.15, -0.1) is 0 Å². The molecule has 0 saturated heterocycles. The number of nitrogens with zero attached hydrogens (tertiary/aromatic N) is 1. The van der Waals surface area contributed by atoms with E-state index in [2.05, 4.69) is 9.72 Å². The molecule has 86 valence electrons. The number of pyridine rings is 1. The smallest absolute Gasteiger partial charge is 0.339 e. The molecule has 5 heteroatoms. The molecular formula is C11H13NO4. The molecule has 0 bridgehead atoms. The molecule has 0 radical (unpaired) electrons. The molecular weight excluding hydrogens is 210 g/mol. The van der Waals surface area contributed by atoms with Crippen LogP contribution in [0, 0.1) is 0 Å². The van der Waals surface area contributed by atoms with Gasteiger partial charge in [-0.05, 0) is 13.8 Å². The van der Waals surface area contributed by atoms with Crippen LogP contribution < -0.4 is 9.47 Å². The number of fused-ring (bicyclic) bond motifs is 1. The monoisotopic (exact) mass is 223 g/mol. The summed E-state index contributed by atoms with van der Waals surface area (Å²) < 4.78 is 15.7. The van der Waals surface area contributed by atoms with Gasteiger partial charge in [0.2, 0.25) is 0 Å². The van der Waals surface area contributed by atoms with Crippen molar-refractivity contribution in [2.24, 2.45) is 0 Å². The SMILES string of the molecule is COC(=O)c1cnc2c(c1)OC(C)(C)CO2. The first-order valence-corrected chi connectivity index (χ1v) is 4.92. The average molecular weight is 223 g/mol. The van der Waals surface area contributed by atoms with Crippen molar-refractivity contribution in [1.29, 1.82) is 0 Å². The third-order valence-electron chi connectivity index (χ3n) is 2.18. The van der Waals surface area contributed by atoms with Gasteiger partial charge in [0, 0.05) is 12.3 Å². The Balaban J connectivity index is 2.34. The highest BCUT2D eigenvalue weighted by atomic mass is 16.6. The van der Waals surface area contributed by atoms with Crippen molar-refractivity contribution in [3.63, 3.8) is 0 Å². The Bertz CT molecular complexity index is 428. The van der Waals surface area contributed by atoms with Crippen molar-refractivity contribution >= 4 is 5.97 Å². The van der Waals surface area contributed by atoms with Crippen molar-refractivity contribution in [2.45, 2.75) is 19.4 Å². The molecule has 16 heavy (non-hydrogen) atoms. The largest absolute Gasteiger partial charge is 0.479 e. The number of hydrogen-bond donors (Lipinski definition) is 0. The Morgan fingerprint density at radius 3 is 3.00 bits per heavy atom. The Hall–Kier alpha value is -1.78. The minimum absolute atomic E-state index is 0.350. The summed E-state index contributed by atoms with van der Waals surface area (Å²) in [7, 11) is 1.32. The number of esters is 1. The minimum Gasteiger partial charge on any atom is -0.479 e. The summed E-state index contributed by atoms with van der Waals surface area (Å²) in [5, 5.41) is 0. The molecule has 0 aliphatic carbocycles. The lowest BCUT2D eigenvalue weighted by Crippen LogP contribution is -2.39. The number of methoxy groups -OCH3 is 1. The Labute approximate surface area is 93.3 Å². The summed E-state index contributed by atoms with van der Waals surface area (Å²) in [6.07, 6.45) is 1.41. The summed E-state index contributed by atoms with van der Waals surface area (Å²) in [4.78, 5) is 15.3. The van der Waals surface area contributed by atoms with Gasteiger partial charge in [-0.1, -0.05) is 0 Å². The predicted octanol–water partition coefficient (Wildman–Crippen LogP) is 1.42. The highest BCUT2D eigenvalue weighted by Gasteiger charge is 2.29. The van der Waals surface area contributed by atoms with Gasteiger partial charge in [0.05, 0.1) is 12.7 Å². The second kappa shape index (κ2) is 3.66. The van der Waals surface area contributed by atoms with Crippen LogP contribution in [0.3, 0.4) is 0 Å². The van der Waals surface area contributed by atoms with E-state index in [1.165, 1.54) is 13.3 Å². The van der Waals surface area contributed by atoms with Gasteiger partial charge in [0.25, 0.3) is 5.88 Å². The minimum atomic E-state index is -0.442. The van der Waals surface area contributed by atoms with Crippen LogP contribution in [0.2, 0.25) is 0 Å². The van der Waals surface area contributed by atoms with E-state index in [0.717, 1.165) is 0 Å². The van der Waals surface area contributed by atoms with E-state index in [0.29, 0.717) is 23.8 Å². The summed E-state index contributed by atoms with van der Waals surface area (Å²) >= 11 is 0. The van der Waals surface area contributed by atoms with E-state index >= 15 is 0 Å². The lowest BCUT2D eigenvalue weighted by Gasteiger charge is -2.31. The van der Waals surface area contributed by atoms with Gasteiger partial charge in [-0.3, -0.25) is 0 Å². The van der Waals surface area contributed by atoms with E-state index in [1.54, 1.807) is 6.07 Å². The van der Waals surface area contributed by atoms with Crippen LogP contribution in [0.15, 0.2) is 12.3 Å². The molecule has 0 aromatic carbocycles. The molecule has 0 saturated carbocycles. The molecule has 1 aromatic rings. The fraction of sp³-hybridized carbons (Fsp3) is 0.455. The lowest BCUT2D eigenvalue weighted by molar-refractivity contribution is 0.0174. The van der Waals surface area contributed by atoms with Crippen LogP contribution in [0.4, 0.5) is 0 Å². The molecule has 1 aliphatic heterocycles. The molecule has 2 heterocycles. The molecule has 1 aromatic heterocycles. The molecule has 2 rings (SSSR count). The maximum Gasteiger partial charge on any atom is 0.339 e. The molecule has 0 N–H and O–H groups in total. The Morgan fingerprint density at radius 1 is 1.56 bits per heavy atom. The van der Waals surface area contributed by atoms with Gasteiger partial charge in [0.15, 0.2) is 5.75 Å². The number of aromatic nitrogens is 1. The molecule has 0 fully saturated rings. The zero-order valence-corrected chi connectivity index (χ0v) is 9.44. The van der Waals surface area contributed by atoms with Crippen molar-refractivity contribution in [3.8, 4) is 11.6 Å². The summed E-state index contributed by atoms with van der Waals surface area (Å²) in [5.74, 6) is 0.438. The van der Waals surface area contributed by atoms with Crippen molar-refractivity contribution < 1.29 is 19.0 Å². The van der Waals surface area contributed by atoms with Crippen molar-refractivity contribution in [1.82, 2.24) is 4.98 Å². The fourth-order valence-electron chi connectivity index (χ4n) is 1.41. The molecule has 1 aliphatic rings. The predicted molar refractivity (Wildman–Crippen MR) is 55.8 cm³/mol. The molecule has 0 amide bonds. The zero-order chi connectivity index (χ0) is 11.8. The fourth-order valence-corrected chi connectivity index (χ4v) is 1.41. The van der Waals surface area contributed by atoms with Gasteiger partial charge in [-0.2, -0.15) is 0 Å². The van der Waals surface area contributed by atoms with E-state index < -0.39 is 11.6 Å². The maximum atomic E-state index is 11.3. The van der Waals surface area contributed by atoms with E-state index in [-0.39, 0.29) is 0 Å². The lowest BCUT2D eigenvalue weighted by atomic mass is 10.1. The Morgan fingerprint density at radius 2 is 2.31 bits per heavy atom. The van der Waals surface area contributed by atoms with Crippen LogP contribution in [0.5, 0.6) is 11.6 Å². The first kappa shape index (κ1) is 10.7. The van der Waals surface area contributed by atoms with Crippen molar-refractivity contribution in [2.75, 3.05) is 13.7 Å². The normalized spacial score (nSPS) is 16.7. The third kappa shape index (κ3) is 1.93. The molecule has 5 nitrogen and oxygen atoms in total. The van der Waals surface area contributed by atoms with Crippen LogP contribution >= 0.6 is 0 Å². The van der Waals surface area contributed by atoms with E-state index in [9.17, 15) is 4.79 Å². The molecule has 0 spiro atoms. The number of rotatable bonds is 1. The third-order valence-corrected chi connectivity index (χ3v) is 2.18. The van der Waals surface area contributed by atoms with Gasteiger partial charge >= 0.3 is 5.97 Å². The Kier molecular flexibility index (Phi) is 2.46. The second-order valence-corrected chi connectivity index (χ2v) is 4.17. The van der Waals surface area contributed by atoms with Crippen LogP contribution in [0.25, 0.3) is 0 Å². The van der Waals surface area contributed by atoms with Gasteiger partial charge < -0.3 is 14.2 Å². The van der Waals surface area contributed by atoms with Crippen LogP contribution in [0.1, 0.15) is 24.2 Å². The quantitative estimate of drug-likeness (QED) is 0.674. The maximum absolute atomic E-state index is 11.3. The molecule has 0 atom stereocenters.